The number of nitrogens with one attached hydrogen (secondary N) is 1. The molecule has 0 bridgehead atoms. The van der Waals surface area contributed by atoms with Gasteiger partial charge in [0.2, 0.25) is 11.8 Å². The van der Waals surface area contributed by atoms with E-state index < -0.39 is 0 Å². The first-order valence-electron chi connectivity index (χ1n) is 6.13. The van der Waals surface area contributed by atoms with Gasteiger partial charge in [0.15, 0.2) is 0 Å². The molecule has 1 rings (SSSR count). The van der Waals surface area contributed by atoms with E-state index in [4.69, 9.17) is 4.74 Å². The Balaban J connectivity index is 2.40. The molecule has 0 saturated carbocycles. The molecule has 0 aromatic heterocycles. The number of benzene rings is 1. The summed E-state index contributed by atoms with van der Waals surface area (Å²) in [6.45, 7) is 0.0394. The van der Waals surface area contributed by atoms with E-state index in [0.717, 1.165) is 11.3 Å². The van der Waals surface area contributed by atoms with Crippen LogP contribution in [0.25, 0.3) is 0 Å². The highest BCUT2D eigenvalue weighted by Crippen LogP contribution is 2.18. The van der Waals surface area contributed by atoms with Crippen LogP contribution in [-0.4, -0.2) is 44.5 Å². The van der Waals surface area contributed by atoms with Gasteiger partial charge in [-0.3, -0.25) is 9.59 Å². The van der Waals surface area contributed by atoms with Crippen LogP contribution < -0.4 is 10.1 Å². The summed E-state index contributed by atoms with van der Waals surface area (Å²) in [6, 6.07) is 7.59. The van der Waals surface area contributed by atoms with Crippen LogP contribution in [0.4, 0.5) is 0 Å². The zero-order chi connectivity index (χ0) is 14.3. The smallest absolute Gasteiger partial charge is 0.241 e. The highest BCUT2D eigenvalue weighted by atomic mass is 16.5. The van der Waals surface area contributed by atoms with Crippen LogP contribution in [0.3, 0.4) is 0 Å². The standard InChI is InChI=1S/C14H20N2O3/c1-16(2)14(18)10-15-13(17)9-8-11-6-4-5-7-12(11)19-3/h4-7H,8-10H2,1-3H3,(H,15,17). The fourth-order valence-electron chi connectivity index (χ4n) is 1.58. The van der Waals surface area contributed by atoms with Crippen molar-refractivity contribution in [1.29, 1.82) is 0 Å². The minimum Gasteiger partial charge on any atom is -0.496 e. The molecule has 0 unspecified atom stereocenters. The summed E-state index contributed by atoms with van der Waals surface area (Å²) in [6.07, 6.45) is 0.924. The summed E-state index contributed by atoms with van der Waals surface area (Å²) in [4.78, 5) is 24.4. The summed E-state index contributed by atoms with van der Waals surface area (Å²) in [5.74, 6) is 0.520. The van der Waals surface area contributed by atoms with Crippen molar-refractivity contribution in [3.63, 3.8) is 0 Å². The normalized spacial score (nSPS) is 9.84. The van der Waals surface area contributed by atoms with Crippen molar-refractivity contribution >= 4 is 11.8 Å². The van der Waals surface area contributed by atoms with Gasteiger partial charge in [-0.1, -0.05) is 18.2 Å². The van der Waals surface area contributed by atoms with E-state index in [1.165, 1.54) is 4.90 Å². The summed E-state index contributed by atoms with van der Waals surface area (Å²) >= 11 is 0. The number of para-hydroxylation sites is 1. The maximum absolute atomic E-state index is 11.6. The van der Waals surface area contributed by atoms with Gasteiger partial charge in [0.25, 0.3) is 0 Å². The molecular weight excluding hydrogens is 244 g/mol. The number of hydrogen-bond acceptors (Lipinski definition) is 3. The van der Waals surface area contributed by atoms with Crippen LogP contribution in [0, 0.1) is 0 Å². The van der Waals surface area contributed by atoms with Gasteiger partial charge in [0.1, 0.15) is 5.75 Å². The third-order valence-electron chi connectivity index (χ3n) is 2.75. The maximum atomic E-state index is 11.6. The van der Waals surface area contributed by atoms with E-state index in [0.29, 0.717) is 12.8 Å². The van der Waals surface area contributed by atoms with Crippen molar-refractivity contribution in [1.82, 2.24) is 10.2 Å². The van der Waals surface area contributed by atoms with Gasteiger partial charge < -0.3 is 15.0 Å². The molecule has 19 heavy (non-hydrogen) atoms. The van der Waals surface area contributed by atoms with Gasteiger partial charge in [-0.05, 0) is 18.1 Å². The summed E-state index contributed by atoms with van der Waals surface area (Å²) in [5, 5.41) is 2.60. The number of likely N-dealkylation sites (N-methyl/N-ethyl adjacent to an activating group) is 1. The molecule has 0 atom stereocenters. The van der Waals surface area contributed by atoms with Crippen molar-refractivity contribution in [2.24, 2.45) is 0 Å². The molecule has 0 aliphatic heterocycles. The number of aryl methyl sites for hydroxylation is 1. The fourth-order valence-corrected chi connectivity index (χ4v) is 1.58. The monoisotopic (exact) mass is 264 g/mol. The Morgan fingerprint density at radius 1 is 1.26 bits per heavy atom. The van der Waals surface area contributed by atoms with E-state index in [-0.39, 0.29) is 18.4 Å². The molecule has 0 spiro atoms. The van der Waals surface area contributed by atoms with Crippen LogP contribution in [0.1, 0.15) is 12.0 Å². The van der Waals surface area contributed by atoms with Crippen molar-refractivity contribution in [2.75, 3.05) is 27.7 Å². The molecule has 0 aliphatic carbocycles. The molecule has 5 heteroatoms. The lowest BCUT2D eigenvalue weighted by atomic mass is 10.1. The fraction of sp³-hybridized carbons (Fsp3) is 0.429. The first-order chi connectivity index (χ1) is 9.04. The lowest BCUT2D eigenvalue weighted by molar-refractivity contribution is -0.130. The highest BCUT2D eigenvalue weighted by molar-refractivity contribution is 5.84. The molecule has 0 radical (unpaired) electrons. The maximum Gasteiger partial charge on any atom is 0.241 e. The third kappa shape index (κ3) is 4.99. The molecule has 0 fully saturated rings. The number of nitrogens with zero attached hydrogens (tertiary/aromatic N) is 1. The number of methoxy groups -OCH3 is 1. The molecule has 0 aliphatic rings. The zero-order valence-electron chi connectivity index (χ0n) is 11.6. The average Bonchev–Trinajstić information content (AvgIpc) is 2.42. The summed E-state index contributed by atoms with van der Waals surface area (Å²) in [7, 11) is 4.92. The number of carbonyl (C=O) groups excluding carboxylic acids is 2. The second-order valence-electron chi connectivity index (χ2n) is 4.38. The Labute approximate surface area is 113 Å². The average molecular weight is 264 g/mol. The Hall–Kier alpha value is -2.04. The predicted octanol–water partition coefficient (Wildman–Crippen LogP) is 0.832. The van der Waals surface area contributed by atoms with Crippen molar-refractivity contribution in [3.8, 4) is 5.75 Å². The largest absolute Gasteiger partial charge is 0.496 e. The molecule has 104 valence electrons. The third-order valence-corrected chi connectivity index (χ3v) is 2.75. The molecule has 5 nitrogen and oxygen atoms in total. The Morgan fingerprint density at radius 2 is 1.95 bits per heavy atom. The number of amides is 2. The van der Waals surface area contributed by atoms with Gasteiger partial charge in [0, 0.05) is 20.5 Å². The van der Waals surface area contributed by atoms with Gasteiger partial charge in [-0.15, -0.1) is 0 Å². The lowest BCUT2D eigenvalue weighted by Gasteiger charge is -2.11. The van der Waals surface area contributed by atoms with Crippen molar-refractivity contribution in [3.05, 3.63) is 29.8 Å². The molecule has 2 amide bonds. The topological polar surface area (TPSA) is 58.6 Å². The van der Waals surface area contributed by atoms with Crippen LogP contribution in [0.15, 0.2) is 24.3 Å². The summed E-state index contributed by atoms with van der Waals surface area (Å²) < 4.78 is 5.21. The SMILES string of the molecule is COc1ccccc1CCC(=O)NCC(=O)N(C)C. The van der Waals surface area contributed by atoms with Gasteiger partial charge in [-0.2, -0.15) is 0 Å². The van der Waals surface area contributed by atoms with Gasteiger partial charge in [0.05, 0.1) is 13.7 Å². The van der Waals surface area contributed by atoms with Crippen molar-refractivity contribution < 1.29 is 14.3 Å². The second-order valence-corrected chi connectivity index (χ2v) is 4.38. The Bertz CT molecular complexity index is 444. The Morgan fingerprint density at radius 3 is 2.58 bits per heavy atom. The molecule has 1 aromatic rings. The number of hydrogen-bond donors (Lipinski definition) is 1. The van der Waals surface area contributed by atoms with Gasteiger partial charge >= 0.3 is 0 Å². The summed E-state index contributed by atoms with van der Waals surface area (Å²) in [5.41, 5.74) is 0.985. The van der Waals surface area contributed by atoms with E-state index in [2.05, 4.69) is 5.32 Å². The lowest BCUT2D eigenvalue weighted by Crippen LogP contribution is -2.36. The highest BCUT2D eigenvalue weighted by Gasteiger charge is 2.08. The van der Waals surface area contributed by atoms with Crippen molar-refractivity contribution in [2.45, 2.75) is 12.8 Å². The van der Waals surface area contributed by atoms with Crippen LogP contribution in [0.5, 0.6) is 5.75 Å². The first kappa shape index (κ1) is 15.0. The number of rotatable bonds is 6. The zero-order valence-corrected chi connectivity index (χ0v) is 11.6. The van der Waals surface area contributed by atoms with Crippen LogP contribution in [-0.2, 0) is 16.0 Å². The molecule has 1 N–H and O–H groups in total. The minimum absolute atomic E-state index is 0.0394. The number of ether oxygens (including phenoxy) is 1. The second kappa shape index (κ2) is 7.41. The molecule has 0 saturated heterocycles. The first-order valence-corrected chi connectivity index (χ1v) is 6.13. The molecule has 1 aromatic carbocycles. The molecule has 0 heterocycles. The number of carbonyl (C=O) groups is 2. The van der Waals surface area contributed by atoms with Crippen LogP contribution >= 0.6 is 0 Å². The van der Waals surface area contributed by atoms with E-state index in [9.17, 15) is 9.59 Å². The van der Waals surface area contributed by atoms with E-state index in [1.807, 2.05) is 24.3 Å². The molecular formula is C14H20N2O3. The van der Waals surface area contributed by atoms with E-state index >= 15 is 0 Å². The quantitative estimate of drug-likeness (QED) is 0.828. The minimum atomic E-state index is -0.138. The van der Waals surface area contributed by atoms with Crippen LogP contribution in [0.2, 0.25) is 0 Å². The van der Waals surface area contributed by atoms with E-state index in [1.54, 1.807) is 21.2 Å². The van der Waals surface area contributed by atoms with Gasteiger partial charge in [-0.25, -0.2) is 0 Å². The Kier molecular flexibility index (Phi) is 5.85. The predicted molar refractivity (Wildman–Crippen MR) is 73.0 cm³/mol.